The van der Waals surface area contributed by atoms with Crippen molar-refractivity contribution in [2.24, 2.45) is 0 Å². The van der Waals surface area contributed by atoms with Crippen LogP contribution in [0.15, 0.2) is 18.2 Å². The number of amides is 1. The molecular weight excluding hydrogens is 265 g/mol. The van der Waals surface area contributed by atoms with Crippen LogP contribution in [0.1, 0.15) is 68.3 Å². The summed E-state index contributed by atoms with van der Waals surface area (Å²) in [6.07, 6.45) is 6.43. The lowest BCUT2D eigenvalue weighted by Gasteiger charge is -2.23. The third kappa shape index (κ3) is 5.49. The number of hydrogen-bond acceptors (Lipinski definition) is 1. The highest BCUT2D eigenvalue weighted by Crippen LogP contribution is 2.15. The summed E-state index contributed by atoms with van der Waals surface area (Å²) >= 11 is 0. The van der Waals surface area contributed by atoms with Crippen molar-refractivity contribution in [3.8, 4) is 0 Å². The van der Waals surface area contributed by atoms with Crippen LogP contribution in [-0.2, 0) is 0 Å². The fourth-order valence-electron chi connectivity index (χ4n) is 2.40. The van der Waals surface area contributed by atoms with Gasteiger partial charge in [0.15, 0.2) is 0 Å². The molecule has 0 atom stereocenters. The molecule has 0 unspecified atom stereocenters. The first-order chi connectivity index (χ1) is 10.1. The lowest BCUT2D eigenvalue weighted by atomic mass is 10.1. The summed E-state index contributed by atoms with van der Waals surface area (Å²) in [6, 6.07) is 5.05. The van der Waals surface area contributed by atoms with Crippen LogP contribution < -0.4 is 0 Å². The number of carbonyl (C=O) groups is 1. The number of benzene rings is 1. The number of aryl methyl sites for hydroxylation is 1. The average molecular weight is 293 g/mol. The van der Waals surface area contributed by atoms with E-state index in [0.717, 1.165) is 51.6 Å². The van der Waals surface area contributed by atoms with Gasteiger partial charge in [0.25, 0.3) is 5.91 Å². The summed E-state index contributed by atoms with van der Waals surface area (Å²) in [4.78, 5) is 14.4. The molecule has 1 amide bonds. The van der Waals surface area contributed by atoms with E-state index in [-0.39, 0.29) is 17.3 Å². The van der Waals surface area contributed by atoms with Crippen molar-refractivity contribution >= 4 is 5.91 Å². The van der Waals surface area contributed by atoms with Crippen LogP contribution in [0, 0.1) is 12.7 Å². The van der Waals surface area contributed by atoms with Crippen LogP contribution in [0.3, 0.4) is 0 Å². The second kappa shape index (κ2) is 9.54. The van der Waals surface area contributed by atoms with Gasteiger partial charge in [-0.3, -0.25) is 4.79 Å². The van der Waals surface area contributed by atoms with Crippen molar-refractivity contribution in [2.75, 3.05) is 13.1 Å². The molecule has 0 heterocycles. The van der Waals surface area contributed by atoms with Crippen molar-refractivity contribution < 1.29 is 9.18 Å². The standard InChI is InChI=1S/C18H28FNO/c1-4-6-8-13-20(14-9-7-5-2)18(21)16-12-10-11-15(3)17(16)19/h10-12H,4-9,13-14H2,1-3H3. The van der Waals surface area contributed by atoms with E-state index in [2.05, 4.69) is 13.8 Å². The monoisotopic (exact) mass is 293 g/mol. The molecule has 0 saturated carbocycles. The lowest BCUT2D eigenvalue weighted by Crippen LogP contribution is -2.33. The van der Waals surface area contributed by atoms with Gasteiger partial charge in [-0.15, -0.1) is 0 Å². The maximum absolute atomic E-state index is 14.1. The number of hydrogen-bond donors (Lipinski definition) is 0. The second-order valence-electron chi connectivity index (χ2n) is 5.64. The van der Waals surface area contributed by atoms with Gasteiger partial charge < -0.3 is 4.90 Å². The van der Waals surface area contributed by atoms with Gasteiger partial charge in [-0.05, 0) is 31.4 Å². The minimum absolute atomic E-state index is 0.164. The van der Waals surface area contributed by atoms with E-state index in [0.29, 0.717) is 5.56 Å². The minimum atomic E-state index is -0.376. The molecule has 3 heteroatoms. The van der Waals surface area contributed by atoms with Gasteiger partial charge in [0, 0.05) is 13.1 Å². The summed E-state index contributed by atoms with van der Waals surface area (Å²) in [5.74, 6) is -0.540. The van der Waals surface area contributed by atoms with E-state index in [1.807, 2.05) is 4.90 Å². The predicted octanol–water partition coefficient (Wildman–Crippen LogP) is 4.96. The Morgan fingerprint density at radius 1 is 1.05 bits per heavy atom. The predicted molar refractivity (Wildman–Crippen MR) is 86.1 cm³/mol. The van der Waals surface area contributed by atoms with E-state index in [9.17, 15) is 9.18 Å². The first-order valence-electron chi connectivity index (χ1n) is 8.16. The normalized spacial score (nSPS) is 10.7. The van der Waals surface area contributed by atoms with Gasteiger partial charge in [-0.1, -0.05) is 51.7 Å². The zero-order valence-electron chi connectivity index (χ0n) is 13.6. The minimum Gasteiger partial charge on any atom is -0.339 e. The SMILES string of the molecule is CCCCCN(CCCCC)C(=O)c1cccc(C)c1F. The second-order valence-corrected chi connectivity index (χ2v) is 5.64. The molecule has 0 aliphatic rings. The fourth-order valence-corrected chi connectivity index (χ4v) is 2.40. The molecule has 0 bridgehead atoms. The molecule has 0 saturated heterocycles. The van der Waals surface area contributed by atoms with E-state index in [1.165, 1.54) is 0 Å². The summed E-state index contributed by atoms with van der Waals surface area (Å²) in [7, 11) is 0. The summed E-state index contributed by atoms with van der Waals surface area (Å²) in [5, 5.41) is 0. The molecule has 1 rings (SSSR count). The van der Waals surface area contributed by atoms with Crippen molar-refractivity contribution in [3.63, 3.8) is 0 Å². The first kappa shape index (κ1) is 17.7. The van der Waals surface area contributed by atoms with Crippen molar-refractivity contribution in [1.29, 1.82) is 0 Å². The largest absolute Gasteiger partial charge is 0.339 e. The van der Waals surface area contributed by atoms with E-state index in [1.54, 1.807) is 25.1 Å². The van der Waals surface area contributed by atoms with Gasteiger partial charge >= 0.3 is 0 Å². The maximum atomic E-state index is 14.1. The van der Waals surface area contributed by atoms with Gasteiger partial charge in [0.1, 0.15) is 5.82 Å². The Morgan fingerprint density at radius 3 is 2.14 bits per heavy atom. The molecule has 118 valence electrons. The molecule has 0 aromatic heterocycles. The van der Waals surface area contributed by atoms with Gasteiger partial charge in [0.05, 0.1) is 5.56 Å². The lowest BCUT2D eigenvalue weighted by molar-refractivity contribution is 0.0744. The van der Waals surface area contributed by atoms with E-state index in [4.69, 9.17) is 0 Å². The average Bonchev–Trinajstić information content (AvgIpc) is 2.48. The highest BCUT2D eigenvalue weighted by molar-refractivity contribution is 5.94. The number of unbranched alkanes of at least 4 members (excludes halogenated alkanes) is 4. The molecule has 0 spiro atoms. The summed E-state index contributed by atoms with van der Waals surface area (Å²) in [6.45, 7) is 7.44. The Labute approximate surface area is 128 Å². The zero-order chi connectivity index (χ0) is 15.7. The van der Waals surface area contributed by atoms with Crippen LogP contribution in [0.2, 0.25) is 0 Å². The first-order valence-corrected chi connectivity index (χ1v) is 8.16. The fraction of sp³-hybridized carbons (Fsp3) is 0.611. The third-order valence-corrected chi connectivity index (χ3v) is 3.77. The van der Waals surface area contributed by atoms with Crippen molar-refractivity contribution in [1.82, 2.24) is 4.90 Å². The van der Waals surface area contributed by atoms with Crippen LogP contribution >= 0.6 is 0 Å². The van der Waals surface area contributed by atoms with Crippen LogP contribution in [0.25, 0.3) is 0 Å². The molecular formula is C18H28FNO. The van der Waals surface area contributed by atoms with E-state index >= 15 is 0 Å². The Hall–Kier alpha value is -1.38. The Morgan fingerprint density at radius 2 is 1.62 bits per heavy atom. The number of carbonyl (C=O) groups excluding carboxylic acids is 1. The molecule has 1 aromatic carbocycles. The maximum Gasteiger partial charge on any atom is 0.256 e. The number of halogens is 1. The summed E-state index contributed by atoms with van der Waals surface area (Å²) in [5.41, 5.74) is 0.742. The molecule has 0 N–H and O–H groups in total. The molecule has 2 nitrogen and oxygen atoms in total. The van der Waals surface area contributed by atoms with E-state index < -0.39 is 0 Å². The van der Waals surface area contributed by atoms with Crippen molar-refractivity contribution in [3.05, 3.63) is 35.1 Å². The number of rotatable bonds is 9. The van der Waals surface area contributed by atoms with Gasteiger partial charge in [-0.25, -0.2) is 4.39 Å². The van der Waals surface area contributed by atoms with Crippen LogP contribution in [0.5, 0.6) is 0 Å². The smallest absolute Gasteiger partial charge is 0.256 e. The quantitative estimate of drug-likeness (QED) is 0.589. The highest BCUT2D eigenvalue weighted by Gasteiger charge is 2.19. The third-order valence-electron chi connectivity index (χ3n) is 3.77. The Balaban J connectivity index is 2.79. The Bertz CT molecular complexity index is 435. The summed E-state index contributed by atoms with van der Waals surface area (Å²) < 4.78 is 14.1. The van der Waals surface area contributed by atoms with Crippen LogP contribution in [0.4, 0.5) is 4.39 Å². The topological polar surface area (TPSA) is 20.3 Å². The number of nitrogens with zero attached hydrogens (tertiary/aromatic N) is 1. The molecule has 0 aliphatic carbocycles. The van der Waals surface area contributed by atoms with Crippen LogP contribution in [-0.4, -0.2) is 23.9 Å². The molecule has 0 fully saturated rings. The zero-order valence-corrected chi connectivity index (χ0v) is 13.6. The molecule has 21 heavy (non-hydrogen) atoms. The Kier molecular flexibility index (Phi) is 8.03. The highest BCUT2D eigenvalue weighted by atomic mass is 19.1. The molecule has 0 aliphatic heterocycles. The molecule has 1 aromatic rings. The molecule has 0 radical (unpaired) electrons. The van der Waals surface area contributed by atoms with Gasteiger partial charge in [-0.2, -0.15) is 0 Å². The van der Waals surface area contributed by atoms with Crippen molar-refractivity contribution in [2.45, 2.75) is 59.3 Å². The van der Waals surface area contributed by atoms with Gasteiger partial charge in [0.2, 0.25) is 0 Å².